The smallest absolute Gasteiger partial charge is 0.247 e. The number of carbonyl (C=O) groups is 1. The van der Waals surface area contributed by atoms with Crippen LogP contribution in [0.4, 0.5) is 0 Å². The van der Waals surface area contributed by atoms with E-state index < -0.39 is 16.1 Å². The summed E-state index contributed by atoms with van der Waals surface area (Å²) in [5, 5.41) is 9.02. The molecule has 1 atom stereocenters. The van der Waals surface area contributed by atoms with Gasteiger partial charge in [0.05, 0.1) is 28.3 Å². The van der Waals surface area contributed by atoms with E-state index >= 15 is 0 Å². The van der Waals surface area contributed by atoms with Gasteiger partial charge in [-0.2, -0.15) is 14.5 Å². The van der Waals surface area contributed by atoms with Crippen molar-refractivity contribution in [3.05, 3.63) is 28.3 Å². The summed E-state index contributed by atoms with van der Waals surface area (Å²) in [6.45, 7) is 8.48. The Hall–Kier alpha value is -1.91. The van der Waals surface area contributed by atoms with E-state index in [-0.39, 0.29) is 23.9 Å². The first-order valence-electron chi connectivity index (χ1n) is 9.58. The van der Waals surface area contributed by atoms with Crippen LogP contribution in [0.25, 0.3) is 0 Å². The number of aryl methyl sites for hydroxylation is 2. The molecule has 1 fully saturated rings. The van der Waals surface area contributed by atoms with Crippen LogP contribution < -0.4 is 0 Å². The first-order valence-corrected chi connectivity index (χ1v) is 11.4. The maximum absolute atomic E-state index is 13.1. The van der Waals surface area contributed by atoms with E-state index in [1.807, 2.05) is 20.8 Å². The van der Waals surface area contributed by atoms with E-state index in [0.717, 1.165) is 5.69 Å². The average Bonchev–Trinajstić information content (AvgIpc) is 3.17. The molecule has 1 aliphatic heterocycles. The largest absolute Gasteiger partial charge is 0.338 e. The van der Waals surface area contributed by atoms with Gasteiger partial charge >= 0.3 is 0 Å². The molecule has 0 aromatic carbocycles. The van der Waals surface area contributed by atoms with Gasteiger partial charge in [0.1, 0.15) is 10.9 Å². The first kappa shape index (κ1) is 21.8. The quantitative estimate of drug-likeness (QED) is 0.702. The Morgan fingerprint density at radius 2 is 1.79 bits per heavy atom. The van der Waals surface area contributed by atoms with Crippen LogP contribution in [-0.4, -0.2) is 69.3 Å². The third-order valence-corrected chi connectivity index (χ3v) is 8.11. The van der Waals surface area contributed by atoms with E-state index in [1.54, 1.807) is 23.6 Å². The minimum Gasteiger partial charge on any atom is -0.338 e. The summed E-state index contributed by atoms with van der Waals surface area (Å²) in [4.78, 5) is 15.0. The second kappa shape index (κ2) is 8.08. The molecule has 11 heteroatoms. The molecule has 3 rings (SSSR count). The van der Waals surface area contributed by atoms with Crippen LogP contribution in [0, 0.1) is 20.8 Å². The molecule has 1 amide bonds. The number of aromatic nitrogens is 4. The molecule has 160 valence electrons. The molecule has 3 heterocycles. The van der Waals surface area contributed by atoms with Crippen LogP contribution in [0.1, 0.15) is 36.5 Å². The van der Waals surface area contributed by atoms with Crippen LogP contribution in [0.2, 0.25) is 5.02 Å². The molecule has 2 aromatic heterocycles. The fourth-order valence-electron chi connectivity index (χ4n) is 3.63. The van der Waals surface area contributed by atoms with Gasteiger partial charge in [-0.1, -0.05) is 18.5 Å². The predicted octanol–water partition coefficient (Wildman–Crippen LogP) is 1.68. The summed E-state index contributed by atoms with van der Waals surface area (Å²) >= 11 is 6.24. The lowest BCUT2D eigenvalue weighted by Gasteiger charge is -2.35. The Morgan fingerprint density at radius 1 is 1.17 bits per heavy atom. The number of rotatable bonds is 5. The molecule has 0 spiro atoms. The molecular weight excluding hydrogens is 416 g/mol. The van der Waals surface area contributed by atoms with E-state index in [0.29, 0.717) is 35.9 Å². The number of halogens is 1. The summed E-state index contributed by atoms with van der Waals surface area (Å²) in [5.41, 5.74) is 2.05. The number of sulfonamides is 1. The van der Waals surface area contributed by atoms with Crippen molar-refractivity contribution in [1.82, 2.24) is 28.8 Å². The molecule has 9 nitrogen and oxygen atoms in total. The number of hydrogen-bond acceptors (Lipinski definition) is 5. The molecule has 2 aromatic rings. The maximum atomic E-state index is 13.1. The van der Waals surface area contributed by atoms with E-state index in [2.05, 4.69) is 10.2 Å². The van der Waals surface area contributed by atoms with Gasteiger partial charge in [0, 0.05) is 33.2 Å². The highest BCUT2D eigenvalue weighted by atomic mass is 35.5. The Labute approximate surface area is 176 Å². The lowest BCUT2D eigenvalue weighted by atomic mass is 10.1. The number of piperazine rings is 1. The molecule has 1 unspecified atom stereocenters. The van der Waals surface area contributed by atoms with Crippen molar-refractivity contribution < 1.29 is 13.2 Å². The second-order valence-electron chi connectivity index (χ2n) is 7.30. The fraction of sp³-hybridized carbons (Fsp3) is 0.611. The highest BCUT2D eigenvalue weighted by Crippen LogP contribution is 2.26. The van der Waals surface area contributed by atoms with Crippen LogP contribution in [0.3, 0.4) is 0 Å². The minimum absolute atomic E-state index is 0.0654. The van der Waals surface area contributed by atoms with Crippen molar-refractivity contribution in [2.45, 2.75) is 45.1 Å². The second-order valence-corrected chi connectivity index (χ2v) is 9.58. The summed E-state index contributed by atoms with van der Waals surface area (Å²) in [5.74, 6) is -0.0654. The van der Waals surface area contributed by atoms with Crippen molar-refractivity contribution in [3.8, 4) is 0 Å². The zero-order valence-corrected chi connectivity index (χ0v) is 19.0. The topological polar surface area (TPSA) is 93.3 Å². The summed E-state index contributed by atoms with van der Waals surface area (Å²) < 4.78 is 30.5. The normalized spacial score (nSPS) is 17.0. The van der Waals surface area contributed by atoms with Crippen molar-refractivity contribution in [2.75, 3.05) is 26.2 Å². The molecule has 0 saturated carbocycles. The average molecular weight is 443 g/mol. The molecule has 0 aliphatic carbocycles. The standard InChI is InChI=1S/C18H27ClN6O3S/c1-6-15(25-14(4)17(19)12(2)21-25)18(26)23-7-9-24(10-8-23)29(27,28)16-11-20-22(5)13(16)3/h11,15H,6-10H2,1-5H3. The predicted molar refractivity (Wildman–Crippen MR) is 109 cm³/mol. The van der Waals surface area contributed by atoms with Gasteiger partial charge in [-0.25, -0.2) is 8.42 Å². The van der Waals surface area contributed by atoms with E-state index in [4.69, 9.17) is 11.6 Å². The zero-order valence-electron chi connectivity index (χ0n) is 17.4. The Morgan fingerprint density at radius 3 is 2.24 bits per heavy atom. The molecule has 0 radical (unpaired) electrons. The van der Waals surface area contributed by atoms with E-state index in [9.17, 15) is 13.2 Å². The minimum atomic E-state index is -3.63. The summed E-state index contributed by atoms with van der Waals surface area (Å²) in [6.07, 6.45) is 1.95. The van der Waals surface area contributed by atoms with Crippen molar-refractivity contribution in [2.24, 2.45) is 7.05 Å². The molecule has 1 aliphatic rings. The fourth-order valence-corrected chi connectivity index (χ4v) is 5.36. The van der Waals surface area contributed by atoms with Gasteiger partial charge in [0.2, 0.25) is 15.9 Å². The van der Waals surface area contributed by atoms with Gasteiger partial charge in [-0.15, -0.1) is 0 Å². The van der Waals surface area contributed by atoms with Gasteiger partial charge in [0.25, 0.3) is 0 Å². The lowest BCUT2D eigenvalue weighted by Crippen LogP contribution is -2.52. The third-order valence-electron chi connectivity index (χ3n) is 5.56. The van der Waals surface area contributed by atoms with Crippen molar-refractivity contribution in [1.29, 1.82) is 0 Å². The molecule has 0 bridgehead atoms. The first-order chi connectivity index (χ1) is 13.6. The highest BCUT2D eigenvalue weighted by molar-refractivity contribution is 7.89. The van der Waals surface area contributed by atoms with Crippen LogP contribution in [0.15, 0.2) is 11.1 Å². The lowest BCUT2D eigenvalue weighted by molar-refractivity contribution is -0.136. The van der Waals surface area contributed by atoms with Gasteiger partial charge < -0.3 is 4.90 Å². The Kier molecular flexibility index (Phi) is 6.07. The number of carbonyl (C=O) groups excluding carboxylic acids is 1. The van der Waals surface area contributed by atoms with Crippen LogP contribution >= 0.6 is 11.6 Å². The van der Waals surface area contributed by atoms with E-state index in [1.165, 1.54) is 15.2 Å². The third kappa shape index (κ3) is 3.80. The highest BCUT2D eigenvalue weighted by Gasteiger charge is 2.34. The Bertz CT molecular complexity index is 1020. The van der Waals surface area contributed by atoms with Crippen molar-refractivity contribution >= 4 is 27.5 Å². The molecule has 1 saturated heterocycles. The van der Waals surface area contributed by atoms with Gasteiger partial charge in [-0.3, -0.25) is 14.2 Å². The Balaban J connectivity index is 1.73. The number of nitrogens with zero attached hydrogens (tertiary/aromatic N) is 6. The zero-order chi connectivity index (χ0) is 21.5. The van der Waals surface area contributed by atoms with Crippen molar-refractivity contribution in [3.63, 3.8) is 0 Å². The summed E-state index contributed by atoms with van der Waals surface area (Å²) in [6, 6.07) is -0.454. The maximum Gasteiger partial charge on any atom is 0.247 e. The van der Waals surface area contributed by atoms with Gasteiger partial charge in [0.15, 0.2) is 0 Å². The van der Waals surface area contributed by atoms with Crippen LogP contribution in [-0.2, 0) is 21.9 Å². The number of hydrogen-bond donors (Lipinski definition) is 0. The monoisotopic (exact) mass is 442 g/mol. The SMILES string of the molecule is CCC(C(=O)N1CCN(S(=O)(=O)c2cnn(C)c2C)CC1)n1nc(C)c(Cl)c1C. The van der Waals surface area contributed by atoms with Gasteiger partial charge in [-0.05, 0) is 27.2 Å². The molecule has 0 N–H and O–H groups in total. The number of amides is 1. The summed E-state index contributed by atoms with van der Waals surface area (Å²) in [7, 11) is -1.92. The molecular formula is C18H27ClN6O3S. The molecule has 29 heavy (non-hydrogen) atoms. The van der Waals surface area contributed by atoms with Crippen LogP contribution in [0.5, 0.6) is 0 Å².